The lowest BCUT2D eigenvalue weighted by Crippen LogP contribution is -2.37. The van der Waals surface area contributed by atoms with Gasteiger partial charge >= 0.3 is 0 Å². The fourth-order valence-corrected chi connectivity index (χ4v) is 4.35. The monoisotopic (exact) mass is 312 g/mol. The van der Waals surface area contributed by atoms with E-state index < -0.39 is 10.0 Å². The van der Waals surface area contributed by atoms with E-state index in [4.69, 9.17) is 4.74 Å². The molecular weight excluding hydrogens is 288 g/mol. The van der Waals surface area contributed by atoms with Gasteiger partial charge in [0, 0.05) is 26.2 Å². The van der Waals surface area contributed by atoms with Crippen molar-refractivity contribution in [1.29, 1.82) is 0 Å². The number of hydrogen-bond donors (Lipinski definition) is 1. The van der Waals surface area contributed by atoms with E-state index in [9.17, 15) is 8.42 Å². The van der Waals surface area contributed by atoms with Gasteiger partial charge < -0.3 is 10.1 Å². The number of nitrogens with zero attached hydrogens (tertiary/aromatic N) is 1. The van der Waals surface area contributed by atoms with Crippen molar-refractivity contribution < 1.29 is 13.2 Å². The van der Waals surface area contributed by atoms with Crippen LogP contribution >= 0.6 is 0 Å². The average Bonchev–Trinajstić information content (AvgIpc) is 2.98. The van der Waals surface area contributed by atoms with E-state index in [1.165, 1.54) is 4.31 Å². The lowest BCUT2D eigenvalue weighted by Gasteiger charge is -2.24. The molecule has 0 aliphatic carbocycles. The van der Waals surface area contributed by atoms with Crippen LogP contribution in [0.1, 0.15) is 25.3 Å². The lowest BCUT2D eigenvalue weighted by molar-refractivity contribution is 0.0946. The maximum absolute atomic E-state index is 12.9. The van der Waals surface area contributed by atoms with E-state index in [-0.39, 0.29) is 6.10 Å². The van der Waals surface area contributed by atoms with Crippen LogP contribution in [-0.2, 0) is 21.3 Å². The van der Waals surface area contributed by atoms with E-state index in [1.807, 2.05) is 26.1 Å². The van der Waals surface area contributed by atoms with Gasteiger partial charge in [-0.05, 0) is 31.5 Å². The second kappa shape index (κ2) is 7.35. The first-order valence-corrected chi connectivity index (χ1v) is 8.87. The average molecular weight is 312 g/mol. The number of sulfonamides is 1. The van der Waals surface area contributed by atoms with Crippen LogP contribution in [0.3, 0.4) is 0 Å². The Balaban J connectivity index is 2.25. The molecule has 0 bridgehead atoms. The molecule has 6 heteroatoms. The zero-order valence-corrected chi connectivity index (χ0v) is 13.5. The molecule has 1 aromatic rings. The lowest BCUT2D eigenvalue weighted by atomic mass is 10.2. The van der Waals surface area contributed by atoms with E-state index >= 15 is 0 Å². The Labute approximate surface area is 127 Å². The van der Waals surface area contributed by atoms with Crippen LogP contribution in [0, 0.1) is 0 Å². The van der Waals surface area contributed by atoms with E-state index in [1.54, 1.807) is 12.1 Å². The van der Waals surface area contributed by atoms with Gasteiger partial charge in [0.25, 0.3) is 0 Å². The quantitative estimate of drug-likeness (QED) is 0.831. The molecule has 0 aromatic heterocycles. The predicted octanol–water partition coefficient (Wildman–Crippen LogP) is 1.60. The molecule has 1 N–H and O–H groups in total. The molecule has 1 aliphatic rings. The first-order valence-electron chi connectivity index (χ1n) is 7.43. The van der Waals surface area contributed by atoms with Crippen LogP contribution < -0.4 is 5.32 Å². The van der Waals surface area contributed by atoms with Gasteiger partial charge in [-0.1, -0.05) is 25.1 Å². The Morgan fingerprint density at radius 1 is 1.38 bits per heavy atom. The highest BCUT2D eigenvalue weighted by Gasteiger charge is 2.29. The summed E-state index contributed by atoms with van der Waals surface area (Å²) < 4.78 is 32.9. The zero-order valence-electron chi connectivity index (χ0n) is 12.7. The van der Waals surface area contributed by atoms with Gasteiger partial charge in [0.15, 0.2) is 0 Å². The van der Waals surface area contributed by atoms with Gasteiger partial charge in [-0.2, -0.15) is 4.31 Å². The van der Waals surface area contributed by atoms with E-state index in [0.29, 0.717) is 24.5 Å². The van der Waals surface area contributed by atoms with Crippen molar-refractivity contribution in [2.45, 2.75) is 37.3 Å². The number of benzene rings is 1. The summed E-state index contributed by atoms with van der Waals surface area (Å²) in [5, 5.41) is 3.02. The third-order valence-corrected chi connectivity index (χ3v) is 5.78. The molecule has 2 rings (SSSR count). The molecule has 0 amide bonds. The molecule has 1 unspecified atom stereocenters. The topological polar surface area (TPSA) is 58.6 Å². The zero-order chi connectivity index (χ0) is 15.3. The Morgan fingerprint density at radius 3 is 2.76 bits per heavy atom. The highest BCUT2D eigenvalue weighted by molar-refractivity contribution is 7.89. The molecule has 1 aliphatic heterocycles. The molecule has 5 nitrogen and oxygen atoms in total. The van der Waals surface area contributed by atoms with Gasteiger partial charge in [-0.25, -0.2) is 8.42 Å². The van der Waals surface area contributed by atoms with Gasteiger partial charge in [0.1, 0.15) is 0 Å². The van der Waals surface area contributed by atoms with Crippen molar-refractivity contribution >= 4 is 10.0 Å². The minimum absolute atomic E-state index is 0.0242. The molecule has 1 aromatic carbocycles. The Morgan fingerprint density at radius 2 is 2.14 bits per heavy atom. The van der Waals surface area contributed by atoms with Crippen molar-refractivity contribution in [1.82, 2.24) is 9.62 Å². The van der Waals surface area contributed by atoms with Gasteiger partial charge in [-0.3, -0.25) is 0 Å². The van der Waals surface area contributed by atoms with Crippen molar-refractivity contribution in [2.24, 2.45) is 0 Å². The third-order valence-electron chi connectivity index (χ3n) is 3.74. The van der Waals surface area contributed by atoms with Crippen LogP contribution in [0.2, 0.25) is 0 Å². The van der Waals surface area contributed by atoms with Crippen molar-refractivity contribution in [3.8, 4) is 0 Å². The molecule has 21 heavy (non-hydrogen) atoms. The summed E-state index contributed by atoms with van der Waals surface area (Å²) >= 11 is 0. The molecular formula is C15H24N2O3S. The van der Waals surface area contributed by atoms with Crippen LogP contribution in [0.25, 0.3) is 0 Å². The Bertz CT molecular complexity index is 554. The third kappa shape index (κ3) is 3.83. The largest absolute Gasteiger partial charge is 0.377 e. The summed E-state index contributed by atoms with van der Waals surface area (Å²) in [5.74, 6) is 0. The molecule has 0 radical (unpaired) electrons. The van der Waals surface area contributed by atoms with Gasteiger partial charge in [-0.15, -0.1) is 0 Å². The first kappa shape index (κ1) is 16.4. The standard InChI is InChI=1S/C15H24N2O3S/c1-3-17(12-14-8-6-10-20-14)21(18,19)15-9-5-4-7-13(15)11-16-2/h4-5,7,9,14,16H,3,6,8,10-12H2,1-2H3. The SMILES string of the molecule is CCN(CC1CCCO1)S(=O)(=O)c1ccccc1CNC. The van der Waals surface area contributed by atoms with Crippen LogP contribution in [0.5, 0.6) is 0 Å². The second-order valence-electron chi connectivity index (χ2n) is 5.23. The number of hydrogen-bond acceptors (Lipinski definition) is 4. The molecule has 1 fully saturated rings. The Kier molecular flexibility index (Phi) is 5.75. The summed E-state index contributed by atoms with van der Waals surface area (Å²) in [4.78, 5) is 0.388. The summed E-state index contributed by atoms with van der Waals surface area (Å²) in [6.45, 7) is 4.03. The molecule has 1 saturated heterocycles. The van der Waals surface area contributed by atoms with Crippen molar-refractivity contribution in [3.63, 3.8) is 0 Å². The summed E-state index contributed by atoms with van der Waals surface area (Å²) in [6, 6.07) is 7.16. The van der Waals surface area contributed by atoms with Crippen molar-refractivity contribution in [3.05, 3.63) is 29.8 Å². The van der Waals surface area contributed by atoms with Crippen LogP contribution in [-0.4, -0.2) is 45.6 Å². The summed E-state index contributed by atoms with van der Waals surface area (Å²) in [5.41, 5.74) is 0.797. The highest BCUT2D eigenvalue weighted by Crippen LogP contribution is 2.22. The smallest absolute Gasteiger partial charge is 0.243 e. The van der Waals surface area contributed by atoms with Crippen LogP contribution in [0.4, 0.5) is 0 Å². The minimum atomic E-state index is -3.48. The predicted molar refractivity (Wildman–Crippen MR) is 82.6 cm³/mol. The summed E-state index contributed by atoms with van der Waals surface area (Å²) in [6.07, 6.45) is 1.97. The molecule has 0 spiro atoms. The first-order chi connectivity index (χ1) is 10.1. The highest BCUT2D eigenvalue weighted by atomic mass is 32.2. The number of ether oxygens (including phenoxy) is 1. The van der Waals surface area contributed by atoms with Gasteiger partial charge in [0.05, 0.1) is 11.0 Å². The number of likely N-dealkylation sites (N-methyl/N-ethyl adjacent to an activating group) is 1. The number of nitrogens with one attached hydrogen (secondary N) is 1. The maximum Gasteiger partial charge on any atom is 0.243 e. The van der Waals surface area contributed by atoms with Crippen LogP contribution in [0.15, 0.2) is 29.2 Å². The van der Waals surface area contributed by atoms with E-state index in [0.717, 1.165) is 25.0 Å². The molecule has 1 heterocycles. The number of rotatable bonds is 7. The fraction of sp³-hybridized carbons (Fsp3) is 0.600. The molecule has 0 saturated carbocycles. The Hall–Kier alpha value is -0.950. The maximum atomic E-state index is 12.9. The van der Waals surface area contributed by atoms with E-state index in [2.05, 4.69) is 5.32 Å². The normalized spacial score (nSPS) is 19.3. The minimum Gasteiger partial charge on any atom is -0.377 e. The fourth-order valence-electron chi connectivity index (χ4n) is 2.64. The van der Waals surface area contributed by atoms with Gasteiger partial charge in [0.2, 0.25) is 10.0 Å². The van der Waals surface area contributed by atoms with Crippen molar-refractivity contribution in [2.75, 3.05) is 26.7 Å². The molecule has 118 valence electrons. The second-order valence-corrected chi connectivity index (χ2v) is 7.14. The summed E-state index contributed by atoms with van der Waals surface area (Å²) in [7, 11) is -1.67. The molecule has 1 atom stereocenters.